The number of fused-ring (bicyclic) bond motifs is 1. The third-order valence-electron chi connectivity index (χ3n) is 5.15. The van der Waals surface area contributed by atoms with Crippen molar-refractivity contribution in [3.63, 3.8) is 0 Å². The molecule has 2 aromatic carbocycles. The minimum atomic E-state index is -0.541. The number of carbonyl (C=O) groups excluding carboxylic acids is 2. The van der Waals surface area contributed by atoms with Gasteiger partial charge in [-0.1, -0.05) is 6.07 Å². The van der Waals surface area contributed by atoms with Crippen molar-refractivity contribution in [2.75, 3.05) is 20.8 Å². The minimum absolute atomic E-state index is 0.183. The number of esters is 1. The third kappa shape index (κ3) is 3.64. The monoisotopic (exact) mass is 410 g/mol. The van der Waals surface area contributed by atoms with Gasteiger partial charge < -0.3 is 23.7 Å². The fourth-order valence-corrected chi connectivity index (χ4v) is 3.51. The van der Waals surface area contributed by atoms with Gasteiger partial charge in [-0.25, -0.2) is 4.79 Å². The van der Waals surface area contributed by atoms with Crippen LogP contribution in [-0.4, -0.2) is 38.7 Å². The first-order chi connectivity index (χ1) is 14.5. The Morgan fingerprint density at radius 1 is 1.10 bits per heavy atom. The highest BCUT2D eigenvalue weighted by atomic mass is 16.6. The molecule has 0 aromatic heterocycles. The van der Waals surface area contributed by atoms with Crippen LogP contribution in [-0.2, 0) is 9.53 Å². The lowest BCUT2D eigenvalue weighted by atomic mass is 10.1. The van der Waals surface area contributed by atoms with E-state index >= 15 is 0 Å². The molecule has 4 rings (SSSR count). The lowest BCUT2D eigenvalue weighted by Gasteiger charge is -2.12. The van der Waals surface area contributed by atoms with E-state index in [4.69, 9.17) is 23.7 Å². The summed E-state index contributed by atoms with van der Waals surface area (Å²) < 4.78 is 27.3. The molecule has 0 aliphatic carbocycles. The summed E-state index contributed by atoms with van der Waals surface area (Å²) in [7, 11) is 3.10. The van der Waals surface area contributed by atoms with E-state index < -0.39 is 12.1 Å². The SMILES string of the molecule is COc1ccc(/C=C2\Oc3c(ccc(OC(=O)C4CCCO4)c3C)C2=O)cc1OC. The van der Waals surface area contributed by atoms with Crippen LogP contribution in [0.2, 0.25) is 0 Å². The van der Waals surface area contributed by atoms with Crippen LogP contribution in [0.25, 0.3) is 6.08 Å². The van der Waals surface area contributed by atoms with Crippen LogP contribution in [0, 0.1) is 6.92 Å². The van der Waals surface area contributed by atoms with Crippen LogP contribution >= 0.6 is 0 Å². The number of ether oxygens (including phenoxy) is 5. The summed E-state index contributed by atoms with van der Waals surface area (Å²) in [5, 5.41) is 0. The molecule has 1 fully saturated rings. The lowest BCUT2D eigenvalue weighted by Crippen LogP contribution is -2.25. The van der Waals surface area contributed by atoms with Crippen molar-refractivity contribution in [2.24, 2.45) is 0 Å². The number of ketones is 1. The highest BCUT2D eigenvalue weighted by Gasteiger charge is 2.32. The molecule has 2 aliphatic heterocycles. The third-order valence-corrected chi connectivity index (χ3v) is 5.15. The molecule has 0 spiro atoms. The van der Waals surface area contributed by atoms with Gasteiger partial charge in [-0.2, -0.15) is 0 Å². The number of hydrogen-bond donors (Lipinski definition) is 0. The molecule has 1 atom stereocenters. The largest absolute Gasteiger partial charge is 0.493 e. The van der Waals surface area contributed by atoms with Gasteiger partial charge >= 0.3 is 5.97 Å². The predicted molar refractivity (Wildman–Crippen MR) is 108 cm³/mol. The second-order valence-corrected chi connectivity index (χ2v) is 7.04. The van der Waals surface area contributed by atoms with E-state index in [-0.39, 0.29) is 11.5 Å². The van der Waals surface area contributed by atoms with Crippen molar-refractivity contribution in [1.82, 2.24) is 0 Å². The molecule has 2 heterocycles. The number of hydrogen-bond acceptors (Lipinski definition) is 7. The Morgan fingerprint density at radius 3 is 2.57 bits per heavy atom. The second kappa shape index (κ2) is 8.20. The van der Waals surface area contributed by atoms with Crippen LogP contribution in [0.1, 0.15) is 34.3 Å². The van der Waals surface area contributed by atoms with E-state index in [0.717, 1.165) is 12.0 Å². The van der Waals surface area contributed by atoms with E-state index in [1.54, 1.807) is 57.6 Å². The maximum atomic E-state index is 12.8. The number of rotatable bonds is 5. The van der Waals surface area contributed by atoms with Gasteiger partial charge in [-0.3, -0.25) is 4.79 Å². The van der Waals surface area contributed by atoms with Crippen molar-refractivity contribution in [2.45, 2.75) is 25.9 Å². The van der Waals surface area contributed by atoms with Crippen LogP contribution in [0.3, 0.4) is 0 Å². The first-order valence-corrected chi connectivity index (χ1v) is 9.65. The quantitative estimate of drug-likeness (QED) is 0.422. The van der Waals surface area contributed by atoms with E-state index in [2.05, 4.69) is 0 Å². The molecule has 0 N–H and O–H groups in total. The van der Waals surface area contributed by atoms with Gasteiger partial charge in [0.25, 0.3) is 0 Å². The van der Waals surface area contributed by atoms with Crippen LogP contribution < -0.4 is 18.9 Å². The van der Waals surface area contributed by atoms with Crippen molar-refractivity contribution in [3.05, 3.63) is 52.8 Å². The summed E-state index contributed by atoms with van der Waals surface area (Å²) in [5.41, 5.74) is 1.74. The Morgan fingerprint density at radius 2 is 1.87 bits per heavy atom. The molecule has 1 saturated heterocycles. The highest BCUT2D eigenvalue weighted by molar-refractivity contribution is 6.15. The molecule has 1 unspecified atom stereocenters. The Balaban J connectivity index is 1.59. The summed E-state index contributed by atoms with van der Waals surface area (Å²) >= 11 is 0. The zero-order valence-corrected chi connectivity index (χ0v) is 17.0. The first-order valence-electron chi connectivity index (χ1n) is 9.65. The van der Waals surface area contributed by atoms with Gasteiger partial charge in [-0.15, -0.1) is 0 Å². The van der Waals surface area contributed by atoms with Gasteiger partial charge in [0, 0.05) is 12.2 Å². The van der Waals surface area contributed by atoms with Gasteiger partial charge in [-0.05, 0) is 55.7 Å². The van der Waals surface area contributed by atoms with Gasteiger partial charge in [0.2, 0.25) is 5.78 Å². The topological polar surface area (TPSA) is 80.3 Å². The Hall–Kier alpha value is -3.32. The van der Waals surface area contributed by atoms with E-state index in [1.807, 2.05) is 0 Å². The minimum Gasteiger partial charge on any atom is -0.493 e. The van der Waals surface area contributed by atoms with Crippen molar-refractivity contribution in [3.8, 4) is 23.0 Å². The lowest BCUT2D eigenvalue weighted by molar-refractivity contribution is -0.144. The molecule has 2 aromatic rings. The fourth-order valence-electron chi connectivity index (χ4n) is 3.51. The van der Waals surface area contributed by atoms with Crippen LogP contribution in [0.5, 0.6) is 23.0 Å². The average Bonchev–Trinajstić information content (AvgIpc) is 3.40. The smallest absolute Gasteiger partial charge is 0.340 e. The molecule has 30 heavy (non-hydrogen) atoms. The Labute approximate surface area is 174 Å². The predicted octanol–water partition coefficient (Wildman–Crippen LogP) is 3.71. The summed E-state index contributed by atoms with van der Waals surface area (Å²) in [4.78, 5) is 25.1. The number of carbonyl (C=O) groups is 2. The average molecular weight is 410 g/mol. The highest BCUT2D eigenvalue weighted by Crippen LogP contribution is 2.40. The normalized spacial score (nSPS) is 18.8. The number of methoxy groups -OCH3 is 2. The number of benzene rings is 2. The second-order valence-electron chi connectivity index (χ2n) is 7.04. The number of Topliss-reactive ketones (excluding diaryl/α,β-unsaturated/α-hetero) is 1. The zero-order chi connectivity index (χ0) is 21.3. The molecule has 0 saturated carbocycles. The maximum absolute atomic E-state index is 12.8. The molecular weight excluding hydrogens is 388 g/mol. The van der Waals surface area contributed by atoms with Crippen molar-refractivity contribution < 1.29 is 33.3 Å². The van der Waals surface area contributed by atoms with Gasteiger partial charge in [0.05, 0.1) is 19.8 Å². The molecule has 0 bridgehead atoms. The Bertz CT molecular complexity index is 1030. The molecule has 156 valence electrons. The molecule has 7 heteroatoms. The summed E-state index contributed by atoms with van der Waals surface area (Å²) in [6.07, 6.45) is 2.59. The van der Waals surface area contributed by atoms with Gasteiger partial charge in [0.1, 0.15) is 11.5 Å². The molecule has 0 radical (unpaired) electrons. The summed E-state index contributed by atoms with van der Waals surface area (Å²) in [5.74, 6) is 1.41. The fraction of sp³-hybridized carbons (Fsp3) is 0.304. The zero-order valence-electron chi connectivity index (χ0n) is 17.0. The van der Waals surface area contributed by atoms with Crippen molar-refractivity contribution >= 4 is 17.8 Å². The number of allylic oxidation sites excluding steroid dienone is 1. The van der Waals surface area contributed by atoms with E-state index in [1.165, 1.54) is 0 Å². The van der Waals surface area contributed by atoms with Crippen LogP contribution in [0.4, 0.5) is 0 Å². The molecular formula is C23H22O7. The summed E-state index contributed by atoms with van der Waals surface area (Å²) in [6.45, 7) is 2.31. The maximum Gasteiger partial charge on any atom is 0.340 e. The summed E-state index contributed by atoms with van der Waals surface area (Å²) in [6, 6.07) is 8.54. The van der Waals surface area contributed by atoms with Crippen molar-refractivity contribution in [1.29, 1.82) is 0 Å². The van der Waals surface area contributed by atoms with Gasteiger partial charge in [0.15, 0.2) is 23.4 Å². The standard InChI is InChI=1S/C23H22O7/c1-13-16(30-23(25)18-5-4-10-28-18)9-7-15-21(24)20(29-22(13)15)12-14-6-8-17(26-2)19(11-14)27-3/h6-9,11-12,18H,4-5,10H2,1-3H3/b20-12-. The molecule has 2 aliphatic rings. The molecule has 7 nitrogen and oxygen atoms in total. The Kier molecular flexibility index (Phi) is 5.46. The first kappa shape index (κ1) is 20.0. The van der Waals surface area contributed by atoms with E-state index in [9.17, 15) is 9.59 Å². The van der Waals surface area contributed by atoms with E-state index in [0.29, 0.717) is 47.2 Å². The van der Waals surface area contributed by atoms with Crippen LogP contribution in [0.15, 0.2) is 36.1 Å². The molecule has 0 amide bonds.